The first-order chi connectivity index (χ1) is 10.4. The van der Waals surface area contributed by atoms with Crippen molar-refractivity contribution >= 4 is 29.5 Å². The molecular weight excluding hydrogens is 310 g/mol. The molecule has 0 bridgehead atoms. The fraction of sp³-hybridized carbons (Fsp3) is 0.769. The van der Waals surface area contributed by atoms with Crippen LogP contribution in [0.4, 0.5) is 0 Å². The number of likely N-dealkylation sites (tertiary alicyclic amines) is 1. The number of carboxylic acid groups (broad SMARTS) is 1. The summed E-state index contributed by atoms with van der Waals surface area (Å²) in [5.74, 6) is -1.42. The topological polar surface area (TPSA) is 133 Å². The molecule has 0 aromatic carbocycles. The molecule has 1 aliphatic rings. The second kappa shape index (κ2) is 8.96. The zero-order valence-electron chi connectivity index (χ0n) is 12.5. The van der Waals surface area contributed by atoms with E-state index in [1.807, 2.05) is 6.26 Å². The number of amides is 2. The highest BCUT2D eigenvalue weighted by Gasteiger charge is 2.37. The number of nitrogens with zero attached hydrogens (tertiary/aromatic N) is 1. The van der Waals surface area contributed by atoms with E-state index in [0.717, 1.165) is 0 Å². The van der Waals surface area contributed by atoms with Gasteiger partial charge in [0.15, 0.2) is 0 Å². The molecule has 8 nitrogen and oxygen atoms in total. The molecule has 3 unspecified atom stereocenters. The van der Waals surface area contributed by atoms with Crippen molar-refractivity contribution in [1.29, 1.82) is 0 Å². The number of thioether (sulfide) groups is 1. The van der Waals surface area contributed by atoms with Gasteiger partial charge >= 0.3 is 5.97 Å². The third kappa shape index (κ3) is 4.85. The van der Waals surface area contributed by atoms with Crippen molar-refractivity contribution in [1.82, 2.24) is 10.2 Å². The van der Waals surface area contributed by atoms with Gasteiger partial charge in [-0.2, -0.15) is 11.8 Å². The van der Waals surface area contributed by atoms with E-state index in [4.69, 9.17) is 15.9 Å². The van der Waals surface area contributed by atoms with Crippen LogP contribution in [0.3, 0.4) is 0 Å². The SMILES string of the molecule is CSCCC(NC(=O)C(N)CO)C(=O)N1CCCC1C(=O)O. The van der Waals surface area contributed by atoms with Gasteiger partial charge in [0.25, 0.3) is 0 Å². The van der Waals surface area contributed by atoms with Crippen LogP contribution in [0, 0.1) is 0 Å². The Bertz CT molecular complexity index is 420. The van der Waals surface area contributed by atoms with Crippen LogP contribution in [0.5, 0.6) is 0 Å². The highest BCUT2D eigenvalue weighted by Crippen LogP contribution is 2.19. The minimum Gasteiger partial charge on any atom is -0.480 e. The summed E-state index contributed by atoms with van der Waals surface area (Å²) < 4.78 is 0. The molecule has 0 radical (unpaired) electrons. The second-order valence-corrected chi connectivity index (χ2v) is 6.15. The fourth-order valence-electron chi connectivity index (χ4n) is 2.34. The Kier molecular flexibility index (Phi) is 7.63. The molecule has 0 saturated carbocycles. The Hall–Kier alpha value is -1.32. The average molecular weight is 333 g/mol. The van der Waals surface area contributed by atoms with Crippen molar-refractivity contribution in [2.75, 3.05) is 25.2 Å². The largest absolute Gasteiger partial charge is 0.480 e. The number of nitrogens with one attached hydrogen (secondary N) is 1. The first-order valence-electron chi connectivity index (χ1n) is 7.11. The Morgan fingerprint density at radius 1 is 1.45 bits per heavy atom. The smallest absolute Gasteiger partial charge is 0.326 e. The van der Waals surface area contributed by atoms with Gasteiger partial charge < -0.3 is 26.2 Å². The number of aliphatic hydroxyl groups excluding tert-OH is 1. The van der Waals surface area contributed by atoms with Crippen LogP contribution >= 0.6 is 11.8 Å². The lowest BCUT2D eigenvalue weighted by Gasteiger charge is -2.27. The maximum Gasteiger partial charge on any atom is 0.326 e. The molecule has 0 aromatic heterocycles. The van der Waals surface area contributed by atoms with Crippen molar-refractivity contribution in [3.05, 3.63) is 0 Å². The van der Waals surface area contributed by atoms with Gasteiger partial charge in [0, 0.05) is 6.54 Å². The van der Waals surface area contributed by atoms with E-state index in [0.29, 0.717) is 31.6 Å². The number of carbonyl (C=O) groups excluding carboxylic acids is 2. The lowest BCUT2D eigenvalue weighted by molar-refractivity contribution is -0.149. The number of rotatable bonds is 8. The normalized spacial score (nSPS) is 20.5. The van der Waals surface area contributed by atoms with Gasteiger partial charge in [0.2, 0.25) is 11.8 Å². The van der Waals surface area contributed by atoms with Crippen molar-refractivity contribution in [2.24, 2.45) is 5.73 Å². The predicted molar refractivity (Wildman–Crippen MR) is 82.4 cm³/mol. The first-order valence-corrected chi connectivity index (χ1v) is 8.50. The minimum atomic E-state index is -1.10. The summed E-state index contributed by atoms with van der Waals surface area (Å²) in [6.07, 6.45) is 3.30. The number of carbonyl (C=O) groups is 3. The molecule has 5 N–H and O–H groups in total. The third-order valence-electron chi connectivity index (χ3n) is 3.58. The summed E-state index contributed by atoms with van der Waals surface area (Å²) in [4.78, 5) is 36.8. The van der Waals surface area contributed by atoms with Gasteiger partial charge in [0.05, 0.1) is 6.61 Å². The van der Waals surface area contributed by atoms with Crippen molar-refractivity contribution in [2.45, 2.75) is 37.4 Å². The standard InChI is InChI=1S/C13H23N3O5S/c1-22-6-4-9(15-11(18)8(14)7-17)12(19)16-5-2-3-10(16)13(20)21/h8-10,17H,2-7,14H2,1H3,(H,15,18)(H,20,21). The molecule has 0 aromatic rings. The summed E-state index contributed by atoms with van der Waals surface area (Å²) >= 11 is 1.52. The Morgan fingerprint density at radius 2 is 2.14 bits per heavy atom. The number of aliphatic hydroxyl groups is 1. The fourth-order valence-corrected chi connectivity index (χ4v) is 2.81. The Balaban J connectivity index is 2.79. The zero-order chi connectivity index (χ0) is 16.7. The number of nitrogens with two attached hydrogens (primary N) is 1. The molecule has 9 heteroatoms. The molecule has 1 heterocycles. The van der Waals surface area contributed by atoms with E-state index >= 15 is 0 Å². The summed E-state index contributed by atoms with van der Waals surface area (Å²) in [6.45, 7) is -0.149. The summed E-state index contributed by atoms with van der Waals surface area (Å²) in [7, 11) is 0. The van der Waals surface area contributed by atoms with E-state index in [1.165, 1.54) is 16.7 Å². The van der Waals surface area contributed by atoms with Crippen molar-refractivity contribution in [3.63, 3.8) is 0 Å². The van der Waals surface area contributed by atoms with Crippen LogP contribution in [0.25, 0.3) is 0 Å². The first kappa shape index (κ1) is 18.7. The van der Waals surface area contributed by atoms with Gasteiger partial charge in [-0.1, -0.05) is 0 Å². The summed E-state index contributed by atoms with van der Waals surface area (Å²) in [5, 5.41) is 20.6. The summed E-state index contributed by atoms with van der Waals surface area (Å²) in [6, 6.07) is -2.76. The number of carboxylic acids is 1. The maximum atomic E-state index is 12.5. The van der Waals surface area contributed by atoms with Gasteiger partial charge in [-0.05, 0) is 31.3 Å². The second-order valence-electron chi connectivity index (χ2n) is 5.16. The molecular formula is C13H23N3O5S. The van der Waals surface area contributed by atoms with Crippen LogP contribution in [-0.2, 0) is 14.4 Å². The predicted octanol–water partition coefficient (Wildman–Crippen LogP) is -1.38. The highest BCUT2D eigenvalue weighted by atomic mass is 32.2. The lowest BCUT2D eigenvalue weighted by atomic mass is 10.1. The number of hydrogen-bond acceptors (Lipinski definition) is 6. The average Bonchev–Trinajstić information content (AvgIpc) is 2.99. The van der Waals surface area contributed by atoms with E-state index < -0.39 is 42.5 Å². The maximum absolute atomic E-state index is 12.5. The Morgan fingerprint density at radius 3 is 2.68 bits per heavy atom. The molecule has 3 atom stereocenters. The molecule has 1 fully saturated rings. The van der Waals surface area contributed by atoms with E-state index in [-0.39, 0.29) is 0 Å². The lowest BCUT2D eigenvalue weighted by Crippen LogP contribution is -2.55. The molecule has 1 aliphatic heterocycles. The van der Waals surface area contributed by atoms with E-state index in [2.05, 4.69) is 5.32 Å². The minimum absolute atomic E-state index is 0.369. The third-order valence-corrected chi connectivity index (χ3v) is 4.22. The van der Waals surface area contributed by atoms with Crippen molar-refractivity contribution in [3.8, 4) is 0 Å². The van der Waals surface area contributed by atoms with Gasteiger partial charge in [-0.25, -0.2) is 4.79 Å². The zero-order valence-corrected chi connectivity index (χ0v) is 13.3. The quantitative estimate of drug-likeness (QED) is 0.430. The molecule has 2 amide bonds. The van der Waals surface area contributed by atoms with Crippen LogP contribution in [0.2, 0.25) is 0 Å². The van der Waals surface area contributed by atoms with Gasteiger partial charge in [0.1, 0.15) is 18.1 Å². The van der Waals surface area contributed by atoms with E-state index in [9.17, 15) is 14.4 Å². The van der Waals surface area contributed by atoms with Crippen LogP contribution in [0.15, 0.2) is 0 Å². The van der Waals surface area contributed by atoms with Gasteiger partial charge in [-0.15, -0.1) is 0 Å². The van der Waals surface area contributed by atoms with E-state index in [1.54, 1.807) is 0 Å². The molecule has 0 aliphatic carbocycles. The van der Waals surface area contributed by atoms with Crippen LogP contribution in [0.1, 0.15) is 19.3 Å². The molecule has 1 rings (SSSR count). The molecule has 126 valence electrons. The highest BCUT2D eigenvalue weighted by molar-refractivity contribution is 7.98. The van der Waals surface area contributed by atoms with Crippen LogP contribution < -0.4 is 11.1 Å². The summed E-state index contributed by atoms with van der Waals surface area (Å²) in [5.41, 5.74) is 5.44. The molecule has 1 saturated heterocycles. The Labute approximate surface area is 133 Å². The van der Waals surface area contributed by atoms with Crippen LogP contribution in [-0.4, -0.2) is 76.2 Å². The van der Waals surface area contributed by atoms with Gasteiger partial charge in [-0.3, -0.25) is 9.59 Å². The number of hydrogen-bond donors (Lipinski definition) is 4. The number of aliphatic carboxylic acids is 1. The van der Waals surface area contributed by atoms with Crippen molar-refractivity contribution < 1.29 is 24.6 Å². The monoisotopic (exact) mass is 333 g/mol. The molecule has 0 spiro atoms. The molecule has 22 heavy (non-hydrogen) atoms.